The van der Waals surface area contributed by atoms with E-state index in [-0.39, 0.29) is 5.92 Å². The highest BCUT2D eigenvalue weighted by atomic mass is 16.7. The smallest absolute Gasteiger partial charge is 0.409 e. The van der Waals surface area contributed by atoms with Gasteiger partial charge in [0.05, 0.1) is 13.7 Å². The number of carbonyl (C=O) groups is 1. The van der Waals surface area contributed by atoms with Gasteiger partial charge in [0.25, 0.3) is 0 Å². The average molecular weight is 568 g/mol. The van der Waals surface area contributed by atoms with Crippen LogP contribution in [0.5, 0.6) is 11.5 Å². The number of piperidine rings is 1. The van der Waals surface area contributed by atoms with Crippen molar-refractivity contribution in [2.45, 2.75) is 37.7 Å². The Morgan fingerprint density at radius 2 is 1.76 bits per heavy atom. The van der Waals surface area contributed by atoms with Gasteiger partial charge in [0, 0.05) is 24.6 Å². The molecule has 0 radical (unpaired) electrons. The average Bonchev–Trinajstić information content (AvgIpc) is 3.03. The molecule has 7 heteroatoms. The molecule has 0 saturated carbocycles. The highest BCUT2D eigenvalue weighted by Crippen LogP contribution is 2.37. The highest BCUT2D eigenvalue weighted by molar-refractivity contribution is 5.89. The molecule has 1 aliphatic rings. The predicted octanol–water partition coefficient (Wildman–Crippen LogP) is 7.88. The molecule has 4 aromatic rings. The molecule has 3 atom stereocenters. The van der Waals surface area contributed by atoms with Crippen LogP contribution in [0.15, 0.2) is 97.1 Å². The standard InChI is InChI=1S/C35H37NO6/c1-39-32-23-29(22-28-13-6-7-14-31(28)32)34(40-2)42-33-24-27(19-20-36(33)35(37)38)26-15-17-30(18-16-26)41-21-9-8-12-25-10-4-3-5-11-25/h3-8,10-18,22-23,27,33-34H,9,19-21,24H2,1-2H3,(H,37,38). The second-order valence-electron chi connectivity index (χ2n) is 10.3. The molecule has 42 heavy (non-hydrogen) atoms. The number of amides is 1. The van der Waals surface area contributed by atoms with Crippen molar-refractivity contribution >= 4 is 22.9 Å². The van der Waals surface area contributed by atoms with Gasteiger partial charge in [0.15, 0.2) is 6.29 Å². The minimum atomic E-state index is -1.01. The molecule has 1 saturated heterocycles. The van der Waals surface area contributed by atoms with Crippen LogP contribution in [-0.4, -0.2) is 49.7 Å². The number of hydrogen-bond donors (Lipinski definition) is 1. The van der Waals surface area contributed by atoms with Gasteiger partial charge in [-0.15, -0.1) is 0 Å². The van der Waals surface area contributed by atoms with Crippen molar-refractivity contribution in [3.05, 3.63) is 114 Å². The maximum Gasteiger partial charge on any atom is 0.409 e. The minimum absolute atomic E-state index is 0.136. The lowest BCUT2D eigenvalue weighted by molar-refractivity contribution is -0.202. The Bertz CT molecular complexity index is 1490. The van der Waals surface area contributed by atoms with Crippen LogP contribution in [0.25, 0.3) is 16.8 Å². The van der Waals surface area contributed by atoms with E-state index in [2.05, 4.69) is 36.4 Å². The van der Waals surface area contributed by atoms with Crippen LogP contribution in [0.4, 0.5) is 4.79 Å². The summed E-state index contributed by atoms with van der Waals surface area (Å²) < 4.78 is 23.7. The van der Waals surface area contributed by atoms with E-state index in [4.69, 9.17) is 18.9 Å². The first-order valence-electron chi connectivity index (χ1n) is 14.2. The summed E-state index contributed by atoms with van der Waals surface area (Å²) in [5, 5.41) is 11.9. The summed E-state index contributed by atoms with van der Waals surface area (Å²) in [6.07, 6.45) is 3.80. The zero-order valence-corrected chi connectivity index (χ0v) is 24.0. The van der Waals surface area contributed by atoms with E-state index in [1.807, 2.05) is 66.7 Å². The fourth-order valence-corrected chi connectivity index (χ4v) is 5.46. The number of nitrogens with zero attached hydrogens (tertiary/aromatic N) is 1. The zero-order chi connectivity index (χ0) is 29.3. The second kappa shape index (κ2) is 14.0. The van der Waals surface area contributed by atoms with Gasteiger partial charge in [-0.1, -0.05) is 78.9 Å². The van der Waals surface area contributed by atoms with E-state index in [1.54, 1.807) is 14.2 Å². The Kier molecular flexibility index (Phi) is 9.74. The summed E-state index contributed by atoms with van der Waals surface area (Å²) >= 11 is 0. The number of methoxy groups -OCH3 is 2. The number of likely N-dealkylation sites (tertiary alicyclic amines) is 1. The normalized spacial score (nSPS) is 17.8. The maximum atomic E-state index is 12.1. The summed E-state index contributed by atoms with van der Waals surface area (Å²) in [6.45, 7) is 0.960. The van der Waals surface area contributed by atoms with E-state index in [9.17, 15) is 9.90 Å². The van der Waals surface area contributed by atoms with Gasteiger partial charge < -0.3 is 24.1 Å². The molecule has 1 fully saturated rings. The molecule has 1 aliphatic heterocycles. The molecular weight excluding hydrogens is 530 g/mol. The molecule has 0 spiro atoms. The van der Waals surface area contributed by atoms with Gasteiger partial charge in [-0.25, -0.2) is 4.79 Å². The molecule has 0 aliphatic carbocycles. The number of carboxylic acid groups (broad SMARTS) is 1. The molecule has 3 unspecified atom stereocenters. The minimum Gasteiger partial charge on any atom is -0.496 e. The quantitative estimate of drug-likeness (QED) is 0.147. The van der Waals surface area contributed by atoms with E-state index in [0.717, 1.165) is 34.1 Å². The first-order chi connectivity index (χ1) is 20.6. The second-order valence-corrected chi connectivity index (χ2v) is 10.3. The number of rotatable bonds is 11. The van der Waals surface area contributed by atoms with Crippen LogP contribution in [0.2, 0.25) is 0 Å². The molecule has 1 amide bonds. The predicted molar refractivity (Wildman–Crippen MR) is 164 cm³/mol. The van der Waals surface area contributed by atoms with E-state index in [0.29, 0.717) is 31.7 Å². The Hall–Kier alpha value is -4.33. The lowest BCUT2D eigenvalue weighted by Crippen LogP contribution is -2.47. The van der Waals surface area contributed by atoms with Gasteiger partial charge in [0.2, 0.25) is 0 Å². The van der Waals surface area contributed by atoms with E-state index in [1.165, 1.54) is 10.5 Å². The maximum absolute atomic E-state index is 12.1. The summed E-state index contributed by atoms with van der Waals surface area (Å²) in [5.41, 5.74) is 3.07. The third-order valence-electron chi connectivity index (χ3n) is 7.65. The van der Waals surface area contributed by atoms with Crippen molar-refractivity contribution in [1.82, 2.24) is 4.90 Å². The molecule has 5 rings (SSSR count). The fourth-order valence-electron chi connectivity index (χ4n) is 5.46. The Balaban J connectivity index is 1.23. The lowest BCUT2D eigenvalue weighted by Gasteiger charge is -2.39. The topological polar surface area (TPSA) is 77.5 Å². The van der Waals surface area contributed by atoms with E-state index >= 15 is 0 Å². The molecule has 0 bridgehead atoms. The van der Waals surface area contributed by atoms with Crippen molar-refractivity contribution < 1.29 is 28.8 Å². The first-order valence-corrected chi connectivity index (χ1v) is 14.2. The largest absolute Gasteiger partial charge is 0.496 e. The van der Waals surface area contributed by atoms with Crippen molar-refractivity contribution in [2.24, 2.45) is 0 Å². The van der Waals surface area contributed by atoms with Crippen molar-refractivity contribution in [2.75, 3.05) is 27.4 Å². The Labute approximate surface area is 246 Å². The van der Waals surface area contributed by atoms with Crippen LogP contribution in [0, 0.1) is 0 Å². The third-order valence-corrected chi connectivity index (χ3v) is 7.65. The van der Waals surface area contributed by atoms with Crippen molar-refractivity contribution in [1.29, 1.82) is 0 Å². The molecule has 4 aromatic carbocycles. The van der Waals surface area contributed by atoms with Gasteiger partial charge in [-0.05, 0) is 66.0 Å². The zero-order valence-electron chi connectivity index (χ0n) is 24.0. The van der Waals surface area contributed by atoms with Gasteiger partial charge in [-0.3, -0.25) is 4.90 Å². The number of fused-ring (bicyclic) bond motifs is 1. The van der Waals surface area contributed by atoms with Gasteiger partial charge in [-0.2, -0.15) is 0 Å². The summed E-state index contributed by atoms with van der Waals surface area (Å²) in [4.78, 5) is 13.5. The number of hydrogen-bond acceptors (Lipinski definition) is 5. The van der Waals surface area contributed by atoms with Crippen molar-refractivity contribution in [3.8, 4) is 11.5 Å². The fraction of sp³-hybridized carbons (Fsp3) is 0.286. The molecule has 1 N–H and O–H groups in total. The van der Waals surface area contributed by atoms with Crippen LogP contribution in [0.3, 0.4) is 0 Å². The molecule has 1 heterocycles. The highest BCUT2D eigenvalue weighted by Gasteiger charge is 2.35. The summed E-state index contributed by atoms with van der Waals surface area (Å²) in [6, 6.07) is 30.1. The monoisotopic (exact) mass is 567 g/mol. The Morgan fingerprint density at radius 1 is 1.00 bits per heavy atom. The summed E-state index contributed by atoms with van der Waals surface area (Å²) in [5.74, 6) is 1.66. The molecular formula is C35H37NO6. The van der Waals surface area contributed by atoms with Gasteiger partial charge in [0.1, 0.15) is 17.7 Å². The SMILES string of the molecule is COc1cc(C(OC)OC2CC(c3ccc(OCCC=Cc4ccccc4)cc3)CCN2C(=O)O)cc2ccccc12. The number of benzene rings is 4. The first kappa shape index (κ1) is 29.2. The molecule has 218 valence electrons. The Morgan fingerprint density at radius 3 is 2.50 bits per heavy atom. The summed E-state index contributed by atoms with van der Waals surface area (Å²) in [7, 11) is 3.19. The van der Waals surface area contributed by atoms with Crippen LogP contribution < -0.4 is 9.47 Å². The molecule has 0 aromatic heterocycles. The van der Waals surface area contributed by atoms with Crippen molar-refractivity contribution in [3.63, 3.8) is 0 Å². The number of ether oxygens (including phenoxy) is 4. The van der Waals surface area contributed by atoms with Crippen LogP contribution in [0.1, 0.15) is 48.2 Å². The lowest BCUT2D eigenvalue weighted by atomic mass is 9.88. The van der Waals surface area contributed by atoms with Crippen LogP contribution in [-0.2, 0) is 9.47 Å². The molecule has 7 nitrogen and oxygen atoms in total. The van der Waals surface area contributed by atoms with E-state index < -0.39 is 18.6 Å². The third kappa shape index (κ3) is 7.11. The van der Waals surface area contributed by atoms with Crippen LogP contribution >= 0.6 is 0 Å². The van der Waals surface area contributed by atoms with Gasteiger partial charge >= 0.3 is 6.09 Å².